The predicted molar refractivity (Wildman–Crippen MR) is 67.2 cm³/mol. The molecule has 0 saturated heterocycles. The van der Waals surface area contributed by atoms with E-state index in [0.29, 0.717) is 13.0 Å². The van der Waals surface area contributed by atoms with E-state index < -0.39 is 0 Å². The van der Waals surface area contributed by atoms with Gasteiger partial charge >= 0.3 is 0 Å². The highest BCUT2D eigenvalue weighted by Crippen LogP contribution is 2.29. The molecule has 1 aromatic heterocycles. The average molecular weight is 249 g/mol. The van der Waals surface area contributed by atoms with Gasteiger partial charge in [0.2, 0.25) is 5.91 Å². The van der Waals surface area contributed by atoms with Crippen LogP contribution in [0.1, 0.15) is 32.1 Å². The monoisotopic (exact) mass is 249 g/mol. The fourth-order valence-corrected chi connectivity index (χ4v) is 3.05. The van der Waals surface area contributed by atoms with Gasteiger partial charge in [-0.05, 0) is 18.8 Å². The van der Waals surface area contributed by atoms with Gasteiger partial charge in [-0.15, -0.1) is 0 Å². The first-order valence-corrected chi connectivity index (χ1v) is 6.76. The van der Waals surface area contributed by atoms with Crippen LogP contribution in [0.3, 0.4) is 0 Å². The summed E-state index contributed by atoms with van der Waals surface area (Å²) in [5, 5.41) is 14.1. The number of hydrogen-bond donors (Lipinski definition) is 1. The van der Waals surface area contributed by atoms with E-state index in [0.717, 1.165) is 38.0 Å². The summed E-state index contributed by atoms with van der Waals surface area (Å²) in [6, 6.07) is 1.88. The molecule has 1 N–H and O–H groups in total. The van der Waals surface area contributed by atoms with E-state index in [1.165, 1.54) is 0 Å². The summed E-state index contributed by atoms with van der Waals surface area (Å²) in [5.74, 6) is 1.16. The number of amides is 1. The quantitative estimate of drug-likeness (QED) is 0.856. The van der Waals surface area contributed by atoms with Crippen LogP contribution in [0.2, 0.25) is 0 Å². The second-order valence-corrected chi connectivity index (χ2v) is 5.27. The third kappa shape index (κ3) is 2.03. The third-order valence-electron chi connectivity index (χ3n) is 4.11. The number of hydrogen-bond acceptors (Lipinski definition) is 3. The van der Waals surface area contributed by atoms with Crippen LogP contribution in [0, 0.1) is 5.92 Å². The van der Waals surface area contributed by atoms with Crippen LogP contribution in [-0.4, -0.2) is 33.4 Å². The molecule has 1 aliphatic carbocycles. The fraction of sp³-hybridized carbons (Fsp3) is 0.692. The minimum Gasteiger partial charge on any atom is -0.393 e. The van der Waals surface area contributed by atoms with Crippen molar-refractivity contribution in [3.05, 3.63) is 12.3 Å². The fourth-order valence-electron chi connectivity index (χ4n) is 3.05. The highest BCUT2D eigenvalue weighted by atomic mass is 16.3. The zero-order valence-corrected chi connectivity index (χ0v) is 10.5. The number of carbonyl (C=O) groups excluding carboxylic acids is 1. The molecule has 2 heterocycles. The zero-order valence-electron chi connectivity index (χ0n) is 10.5. The summed E-state index contributed by atoms with van der Waals surface area (Å²) in [6.45, 7) is 1.49. The standard InChI is InChI=1S/C13H19N3O2/c17-11-4-2-1-3-10(11)9-13(18)15-7-8-16-12(15)5-6-14-16/h5-6,10-11,17H,1-4,7-9H2/t10-,11+/m0/s1. The van der Waals surface area contributed by atoms with Crippen molar-refractivity contribution in [3.8, 4) is 0 Å². The molecule has 2 atom stereocenters. The Balaban J connectivity index is 1.65. The van der Waals surface area contributed by atoms with Crippen molar-refractivity contribution in [3.63, 3.8) is 0 Å². The molecule has 0 aromatic carbocycles. The van der Waals surface area contributed by atoms with Gasteiger partial charge in [-0.2, -0.15) is 5.10 Å². The molecule has 0 spiro atoms. The number of aliphatic hydroxyl groups is 1. The first kappa shape index (κ1) is 11.7. The Hall–Kier alpha value is -1.36. The molecule has 0 unspecified atom stereocenters. The van der Waals surface area contributed by atoms with Gasteiger partial charge in [0.1, 0.15) is 5.82 Å². The number of rotatable bonds is 2. The number of fused-ring (bicyclic) bond motifs is 1. The van der Waals surface area contributed by atoms with E-state index in [-0.39, 0.29) is 17.9 Å². The van der Waals surface area contributed by atoms with E-state index in [1.54, 1.807) is 11.1 Å². The van der Waals surface area contributed by atoms with Gasteiger partial charge in [0.25, 0.3) is 0 Å². The van der Waals surface area contributed by atoms with Gasteiger partial charge in [0.05, 0.1) is 18.8 Å². The molecule has 0 radical (unpaired) electrons. The Labute approximate surface area is 106 Å². The molecule has 3 rings (SSSR count). The van der Waals surface area contributed by atoms with Crippen LogP contribution in [0.25, 0.3) is 0 Å². The summed E-state index contributed by atoms with van der Waals surface area (Å²) in [4.78, 5) is 14.1. The van der Waals surface area contributed by atoms with Crippen LogP contribution in [0.4, 0.5) is 5.82 Å². The van der Waals surface area contributed by atoms with Crippen LogP contribution in [0.5, 0.6) is 0 Å². The molecule has 18 heavy (non-hydrogen) atoms. The van der Waals surface area contributed by atoms with Gasteiger partial charge in [-0.1, -0.05) is 12.8 Å². The largest absolute Gasteiger partial charge is 0.393 e. The summed E-state index contributed by atoms with van der Waals surface area (Å²) < 4.78 is 1.86. The Morgan fingerprint density at radius 2 is 2.22 bits per heavy atom. The topological polar surface area (TPSA) is 58.4 Å². The average Bonchev–Trinajstić information content (AvgIpc) is 2.93. The van der Waals surface area contributed by atoms with Crippen molar-refractivity contribution < 1.29 is 9.90 Å². The maximum absolute atomic E-state index is 12.3. The van der Waals surface area contributed by atoms with E-state index in [2.05, 4.69) is 5.10 Å². The Bertz CT molecular complexity index is 443. The van der Waals surface area contributed by atoms with Crippen LogP contribution >= 0.6 is 0 Å². The zero-order chi connectivity index (χ0) is 12.5. The SMILES string of the molecule is O=C(C[C@@H]1CCCC[C@H]1O)N1CCn2nccc21. The van der Waals surface area contributed by atoms with Crippen molar-refractivity contribution in [2.24, 2.45) is 5.92 Å². The van der Waals surface area contributed by atoms with Crippen LogP contribution in [0.15, 0.2) is 12.3 Å². The lowest BCUT2D eigenvalue weighted by molar-refractivity contribution is -0.120. The Morgan fingerprint density at radius 1 is 1.39 bits per heavy atom. The second kappa shape index (κ2) is 4.72. The van der Waals surface area contributed by atoms with Crippen molar-refractivity contribution >= 4 is 11.7 Å². The number of anilines is 1. The number of aromatic nitrogens is 2. The van der Waals surface area contributed by atoms with Gasteiger partial charge < -0.3 is 5.11 Å². The van der Waals surface area contributed by atoms with E-state index in [4.69, 9.17) is 0 Å². The van der Waals surface area contributed by atoms with Gasteiger partial charge in [0, 0.05) is 19.0 Å². The molecule has 1 aromatic rings. The molecule has 1 saturated carbocycles. The summed E-state index contributed by atoms with van der Waals surface area (Å²) >= 11 is 0. The third-order valence-corrected chi connectivity index (χ3v) is 4.11. The van der Waals surface area contributed by atoms with E-state index in [9.17, 15) is 9.90 Å². The molecular weight excluding hydrogens is 230 g/mol. The maximum atomic E-state index is 12.3. The normalized spacial score (nSPS) is 27.3. The summed E-state index contributed by atoms with van der Waals surface area (Å²) in [6.07, 6.45) is 5.93. The Kier molecular flexibility index (Phi) is 3.07. The van der Waals surface area contributed by atoms with E-state index >= 15 is 0 Å². The lowest BCUT2D eigenvalue weighted by Crippen LogP contribution is -2.34. The molecule has 0 bridgehead atoms. The molecule has 5 nitrogen and oxygen atoms in total. The van der Waals surface area contributed by atoms with Gasteiger partial charge in [0.15, 0.2) is 0 Å². The van der Waals surface area contributed by atoms with Crippen molar-refractivity contribution in [2.75, 3.05) is 11.4 Å². The predicted octanol–water partition coefficient (Wildman–Crippen LogP) is 1.17. The minimum absolute atomic E-state index is 0.125. The molecular formula is C13H19N3O2. The molecule has 1 aliphatic heterocycles. The van der Waals surface area contributed by atoms with Crippen molar-refractivity contribution in [2.45, 2.75) is 44.8 Å². The maximum Gasteiger partial charge on any atom is 0.228 e. The lowest BCUT2D eigenvalue weighted by Gasteiger charge is -2.28. The van der Waals surface area contributed by atoms with Gasteiger partial charge in [-0.3, -0.25) is 9.69 Å². The first-order valence-electron chi connectivity index (χ1n) is 6.76. The second-order valence-electron chi connectivity index (χ2n) is 5.27. The number of nitrogens with zero attached hydrogens (tertiary/aromatic N) is 3. The first-order chi connectivity index (χ1) is 8.75. The molecule has 1 amide bonds. The number of aliphatic hydroxyl groups excluding tert-OH is 1. The highest BCUT2D eigenvalue weighted by Gasteiger charge is 2.30. The number of carbonyl (C=O) groups is 1. The van der Waals surface area contributed by atoms with Crippen molar-refractivity contribution in [1.82, 2.24) is 9.78 Å². The van der Waals surface area contributed by atoms with Crippen LogP contribution in [-0.2, 0) is 11.3 Å². The molecule has 98 valence electrons. The molecule has 5 heteroatoms. The summed E-state index contributed by atoms with van der Waals surface area (Å²) in [7, 11) is 0. The van der Waals surface area contributed by atoms with Gasteiger partial charge in [-0.25, -0.2) is 4.68 Å². The molecule has 2 aliphatic rings. The summed E-state index contributed by atoms with van der Waals surface area (Å²) in [5.41, 5.74) is 0. The van der Waals surface area contributed by atoms with Crippen molar-refractivity contribution in [1.29, 1.82) is 0 Å². The highest BCUT2D eigenvalue weighted by molar-refractivity contribution is 5.93. The smallest absolute Gasteiger partial charge is 0.228 e. The molecule has 1 fully saturated rings. The lowest BCUT2D eigenvalue weighted by atomic mass is 9.84. The minimum atomic E-state index is -0.296. The van der Waals surface area contributed by atoms with Crippen LogP contribution < -0.4 is 4.90 Å². The van der Waals surface area contributed by atoms with E-state index in [1.807, 2.05) is 10.7 Å². The Morgan fingerprint density at radius 3 is 3.06 bits per heavy atom.